The van der Waals surface area contributed by atoms with Crippen LogP contribution in [0.5, 0.6) is 23.0 Å². The average molecular weight is 417 g/mol. The molecule has 30 heavy (non-hydrogen) atoms. The van der Waals surface area contributed by atoms with E-state index < -0.39 is 12.1 Å². The van der Waals surface area contributed by atoms with Crippen molar-refractivity contribution in [1.29, 1.82) is 0 Å². The lowest BCUT2D eigenvalue weighted by Crippen LogP contribution is -2.43. The monoisotopic (exact) mass is 417 g/mol. The Bertz CT molecular complexity index is 829. The summed E-state index contributed by atoms with van der Waals surface area (Å²) in [6.45, 7) is 1.56. The van der Waals surface area contributed by atoms with Crippen LogP contribution >= 0.6 is 0 Å². The van der Waals surface area contributed by atoms with Gasteiger partial charge in [0.15, 0.2) is 6.10 Å². The van der Waals surface area contributed by atoms with E-state index in [-0.39, 0.29) is 19.0 Å². The van der Waals surface area contributed by atoms with E-state index in [1.807, 2.05) is 0 Å². The van der Waals surface area contributed by atoms with Crippen molar-refractivity contribution in [1.82, 2.24) is 4.90 Å². The van der Waals surface area contributed by atoms with Crippen molar-refractivity contribution in [3.63, 3.8) is 0 Å². The molecule has 1 atom stereocenters. The molecule has 0 aliphatic rings. The molecular formula is C22H27NO7. The third-order valence-electron chi connectivity index (χ3n) is 4.36. The molecule has 0 aliphatic heterocycles. The van der Waals surface area contributed by atoms with Crippen LogP contribution in [0.2, 0.25) is 0 Å². The van der Waals surface area contributed by atoms with Crippen LogP contribution in [-0.2, 0) is 20.9 Å². The first-order valence-corrected chi connectivity index (χ1v) is 9.28. The lowest BCUT2D eigenvalue weighted by Gasteiger charge is -2.25. The van der Waals surface area contributed by atoms with Gasteiger partial charge < -0.3 is 28.6 Å². The van der Waals surface area contributed by atoms with Gasteiger partial charge in [-0.25, -0.2) is 0 Å². The van der Waals surface area contributed by atoms with Gasteiger partial charge in [0.2, 0.25) is 0 Å². The van der Waals surface area contributed by atoms with E-state index in [0.717, 1.165) is 5.56 Å². The quantitative estimate of drug-likeness (QED) is 0.550. The van der Waals surface area contributed by atoms with Gasteiger partial charge in [0.05, 0.1) is 28.4 Å². The van der Waals surface area contributed by atoms with Crippen LogP contribution in [-0.4, -0.2) is 57.9 Å². The zero-order chi connectivity index (χ0) is 22.1. The Morgan fingerprint density at radius 1 is 0.833 bits per heavy atom. The molecule has 0 aromatic heterocycles. The number of carbonyl (C=O) groups is 2. The molecular weight excluding hydrogens is 390 g/mol. The van der Waals surface area contributed by atoms with E-state index in [2.05, 4.69) is 0 Å². The van der Waals surface area contributed by atoms with E-state index in [9.17, 15) is 9.59 Å². The third-order valence-corrected chi connectivity index (χ3v) is 4.36. The van der Waals surface area contributed by atoms with Gasteiger partial charge in [-0.05, 0) is 48.9 Å². The van der Waals surface area contributed by atoms with Crippen LogP contribution in [0.1, 0.15) is 12.5 Å². The second kappa shape index (κ2) is 10.9. The highest BCUT2D eigenvalue weighted by molar-refractivity contribution is 5.85. The Morgan fingerprint density at radius 3 is 1.87 bits per heavy atom. The zero-order valence-electron chi connectivity index (χ0n) is 17.8. The maximum atomic E-state index is 13.0. The number of hydrogen-bond donors (Lipinski definition) is 0. The topological polar surface area (TPSA) is 83.5 Å². The largest absolute Gasteiger partial charge is 0.497 e. The second-order valence-electron chi connectivity index (χ2n) is 6.43. The average Bonchev–Trinajstić information content (AvgIpc) is 2.78. The van der Waals surface area contributed by atoms with Crippen LogP contribution in [0.25, 0.3) is 0 Å². The van der Waals surface area contributed by atoms with Gasteiger partial charge in [0.1, 0.15) is 29.5 Å². The van der Waals surface area contributed by atoms with Crippen molar-refractivity contribution < 1.29 is 33.3 Å². The van der Waals surface area contributed by atoms with Gasteiger partial charge >= 0.3 is 5.97 Å². The fraction of sp³-hybridized carbons (Fsp3) is 0.364. The summed E-state index contributed by atoms with van der Waals surface area (Å²) in [5, 5.41) is 0. The minimum atomic E-state index is -0.824. The predicted molar refractivity (Wildman–Crippen MR) is 110 cm³/mol. The van der Waals surface area contributed by atoms with Crippen LogP contribution in [0, 0.1) is 0 Å². The molecule has 0 radical (unpaired) electrons. The standard InChI is InChI=1S/C22H27NO7/c1-15(30-18-8-6-17(26-2)7-9-18)22(25)23(14-21(24)29-5)13-16-10-19(27-3)12-20(11-16)28-4/h6-12,15H,13-14H2,1-5H3. The Balaban J connectivity index is 2.19. The fourth-order valence-corrected chi connectivity index (χ4v) is 2.78. The minimum Gasteiger partial charge on any atom is -0.497 e. The molecule has 2 aromatic rings. The molecule has 162 valence electrons. The van der Waals surface area contributed by atoms with E-state index in [4.69, 9.17) is 23.7 Å². The number of nitrogens with zero attached hydrogens (tertiary/aromatic N) is 1. The summed E-state index contributed by atoms with van der Waals surface area (Å²) in [5.74, 6) is 1.46. The molecule has 0 bridgehead atoms. The zero-order valence-corrected chi connectivity index (χ0v) is 17.8. The van der Waals surface area contributed by atoms with Gasteiger partial charge in [-0.1, -0.05) is 0 Å². The number of rotatable bonds is 10. The summed E-state index contributed by atoms with van der Waals surface area (Å²) in [6.07, 6.45) is -0.824. The molecule has 2 aromatic carbocycles. The third kappa shape index (κ3) is 6.30. The molecule has 8 nitrogen and oxygen atoms in total. The Labute approximate surface area is 176 Å². The van der Waals surface area contributed by atoms with E-state index in [1.54, 1.807) is 70.7 Å². The molecule has 8 heteroatoms. The summed E-state index contributed by atoms with van der Waals surface area (Å²) in [6, 6.07) is 12.2. The number of carbonyl (C=O) groups excluding carboxylic acids is 2. The number of esters is 1. The summed E-state index contributed by atoms with van der Waals surface area (Å²) >= 11 is 0. The highest BCUT2D eigenvalue weighted by Crippen LogP contribution is 2.24. The van der Waals surface area contributed by atoms with Crippen LogP contribution in [0.3, 0.4) is 0 Å². The molecule has 0 saturated carbocycles. The van der Waals surface area contributed by atoms with Gasteiger partial charge in [0, 0.05) is 12.6 Å². The first kappa shape index (κ1) is 22.9. The van der Waals surface area contributed by atoms with Crippen LogP contribution in [0.4, 0.5) is 0 Å². The van der Waals surface area contributed by atoms with Crippen molar-refractivity contribution in [3.8, 4) is 23.0 Å². The maximum Gasteiger partial charge on any atom is 0.325 e. The van der Waals surface area contributed by atoms with Gasteiger partial charge in [-0.3, -0.25) is 9.59 Å². The van der Waals surface area contributed by atoms with Crippen molar-refractivity contribution in [2.24, 2.45) is 0 Å². The predicted octanol–water partition coefficient (Wildman–Crippen LogP) is 2.68. The molecule has 2 rings (SSSR count). The number of benzene rings is 2. The molecule has 0 spiro atoms. The molecule has 0 aliphatic carbocycles. The lowest BCUT2D eigenvalue weighted by molar-refractivity contribution is -0.150. The van der Waals surface area contributed by atoms with E-state index in [0.29, 0.717) is 23.0 Å². The van der Waals surface area contributed by atoms with Crippen molar-refractivity contribution >= 4 is 11.9 Å². The normalized spacial score (nSPS) is 11.2. The fourth-order valence-electron chi connectivity index (χ4n) is 2.78. The molecule has 0 saturated heterocycles. The SMILES string of the molecule is COC(=O)CN(Cc1cc(OC)cc(OC)c1)C(=O)C(C)Oc1ccc(OC)cc1. The summed E-state index contributed by atoms with van der Waals surface area (Å²) in [5.41, 5.74) is 0.736. The number of ether oxygens (including phenoxy) is 5. The lowest BCUT2D eigenvalue weighted by atomic mass is 10.1. The number of methoxy groups -OCH3 is 4. The molecule has 1 unspecified atom stereocenters. The Hall–Kier alpha value is -3.42. The molecule has 0 N–H and O–H groups in total. The second-order valence-corrected chi connectivity index (χ2v) is 6.43. The van der Waals surface area contributed by atoms with Gasteiger partial charge in [-0.2, -0.15) is 0 Å². The molecule has 0 heterocycles. The van der Waals surface area contributed by atoms with Crippen molar-refractivity contribution in [2.45, 2.75) is 19.6 Å². The summed E-state index contributed by atoms with van der Waals surface area (Å²) in [4.78, 5) is 26.3. The summed E-state index contributed by atoms with van der Waals surface area (Å²) < 4.78 is 26.2. The number of hydrogen-bond acceptors (Lipinski definition) is 7. The van der Waals surface area contributed by atoms with Crippen molar-refractivity contribution in [3.05, 3.63) is 48.0 Å². The Kier molecular flexibility index (Phi) is 8.34. The number of amides is 1. The molecule has 1 amide bonds. The Morgan fingerprint density at radius 2 is 1.37 bits per heavy atom. The summed E-state index contributed by atoms with van der Waals surface area (Å²) in [7, 11) is 5.93. The first-order valence-electron chi connectivity index (χ1n) is 9.28. The van der Waals surface area contributed by atoms with Crippen molar-refractivity contribution in [2.75, 3.05) is 35.0 Å². The van der Waals surface area contributed by atoms with Gasteiger partial charge in [-0.15, -0.1) is 0 Å². The van der Waals surface area contributed by atoms with Crippen LogP contribution < -0.4 is 18.9 Å². The smallest absolute Gasteiger partial charge is 0.325 e. The highest BCUT2D eigenvalue weighted by atomic mass is 16.5. The van der Waals surface area contributed by atoms with Gasteiger partial charge in [0.25, 0.3) is 5.91 Å². The minimum absolute atomic E-state index is 0.151. The molecule has 0 fully saturated rings. The highest BCUT2D eigenvalue weighted by Gasteiger charge is 2.25. The van der Waals surface area contributed by atoms with E-state index >= 15 is 0 Å². The first-order chi connectivity index (χ1) is 14.4. The maximum absolute atomic E-state index is 13.0. The van der Waals surface area contributed by atoms with Crippen LogP contribution in [0.15, 0.2) is 42.5 Å². The van der Waals surface area contributed by atoms with E-state index in [1.165, 1.54) is 12.0 Å².